The van der Waals surface area contributed by atoms with Crippen molar-refractivity contribution in [1.29, 1.82) is 0 Å². The van der Waals surface area contributed by atoms with E-state index in [-0.39, 0.29) is 61.3 Å². The van der Waals surface area contributed by atoms with Gasteiger partial charge < -0.3 is 19.5 Å². The molecule has 5 rings (SSSR count). The summed E-state index contributed by atoms with van der Waals surface area (Å²) < 4.78 is 40.8. The fraction of sp³-hybridized carbons (Fsp3) is 0.333. The van der Waals surface area contributed by atoms with Crippen molar-refractivity contribution in [3.05, 3.63) is 113 Å². The average Bonchev–Trinajstić information content (AvgIpc) is 3.59. The summed E-state index contributed by atoms with van der Waals surface area (Å²) in [5, 5.41) is 2.31. The number of piperidine rings is 1. The number of likely N-dealkylation sites (tertiary alicyclic amines) is 1. The zero-order valence-corrected chi connectivity index (χ0v) is 37.6. The zero-order valence-electron chi connectivity index (χ0n) is 31.1. The van der Waals surface area contributed by atoms with Crippen LogP contribution < -0.4 is 18.6 Å². The van der Waals surface area contributed by atoms with E-state index in [9.17, 15) is 37.5 Å². The van der Waals surface area contributed by atoms with Gasteiger partial charge in [-0.05, 0) is 60.9 Å². The molecule has 3 aromatic rings. The summed E-state index contributed by atoms with van der Waals surface area (Å²) in [6.45, 7) is 4.79. The maximum atomic E-state index is 13.0. The van der Waals surface area contributed by atoms with Crippen molar-refractivity contribution in [3.63, 3.8) is 0 Å². The molecule has 2 heterocycles. The molecule has 0 spiro atoms. The topological polar surface area (TPSA) is 149 Å². The van der Waals surface area contributed by atoms with E-state index in [0.29, 0.717) is 32.0 Å². The Bertz CT molecular complexity index is 1770. The molecular weight excluding hydrogens is 1070 g/mol. The van der Waals surface area contributed by atoms with Crippen molar-refractivity contribution >= 4 is 79.0 Å². The van der Waals surface area contributed by atoms with Gasteiger partial charge in [0, 0.05) is 39.1 Å². The van der Waals surface area contributed by atoms with Crippen LogP contribution in [-0.4, -0.2) is 86.0 Å². The molecule has 0 radical (unpaired) electrons. The van der Waals surface area contributed by atoms with Gasteiger partial charge in [-0.2, -0.15) is 0 Å². The van der Waals surface area contributed by atoms with E-state index < -0.39 is 29.9 Å². The number of carbonyl (C=O) groups excluding carboxylic acids is 6. The van der Waals surface area contributed by atoms with Crippen LogP contribution in [0.15, 0.2) is 84.9 Å². The van der Waals surface area contributed by atoms with Crippen LogP contribution in [0.1, 0.15) is 55.3 Å². The number of hydrogen-bond donors (Lipinski definition) is 1. The first-order valence-electron chi connectivity index (χ1n) is 17.2. The van der Waals surface area contributed by atoms with Crippen molar-refractivity contribution in [3.8, 4) is 0 Å². The van der Waals surface area contributed by atoms with E-state index in [2.05, 4.69) is 47.3 Å². The van der Waals surface area contributed by atoms with Gasteiger partial charge in [-0.25, -0.2) is 18.5 Å². The first-order valence-corrected chi connectivity index (χ1v) is 29.7. The number of amides is 5. The van der Waals surface area contributed by atoms with Crippen LogP contribution in [0, 0.1) is 17.6 Å². The molecule has 17 heteroatoms. The molecule has 2 aliphatic rings. The Kier molecular flexibility index (Phi) is 22.9. The third-order valence-corrected chi connectivity index (χ3v) is 8.17. The normalized spacial score (nSPS) is 17.4. The first kappa shape index (κ1) is 48.6. The van der Waals surface area contributed by atoms with E-state index in [0.717, 1.165) is 20.9 Å². The number of halogens is 5. The first-order chi connectivity index (χ1) is 26.8. The molecule has 3 atom stereocenters. The standard InChI is InChI=1S/C18H14FNO3.C15H18FNO3.C6H11NO3.I3/c19-15-9-6-13(7-10-15)8-11-17(21)20-16(12-23-18(20)22)14-4-2-1-3-5-14;1-3-20-9-13-12(8-14(18)17(2)15(13)19)10-4-6-11(16)7-5-10;1-3-10-6(9)4-5(8)7-2;1-3-2/h1-11,16H,12H2;4-7,12-13H,3,8-9H2,1-2H3;3-4H2,1-2H3,(H,7,8);/q;;;-1/b11-8+;;;/t16-;12-,13-;;/m01../s1. The van der Waals surface area contributed by atoms with Crippen LogP contribution in [0.3, 0.4) is 0 Å². The van der Waals surface area contributed by atoms with Crippen LogP contribution >= 0.6 is 37.2 Å². The molecule has 2 aliphatic heterocycles. The predicted octanol–water partition coefficient (Wildman–Crippen LogP) is 3.97. The number of ether oxygens (including phenoxy) is 3. The van der Waals surface area contributed by atoms with Crippen LogP contribution in [0.5, 0.6) is 0 Å². The van der Waals surface area contributed by atoms with E-state index in [4.69, 9.17) is 9.47 Å². The van der Waals surface area contributed by atoms with Crippen molar-refractivity contribution < 1.29 is 65.0 Å². The summed E-state index contributed by atoms with van der Waals surface area (Å²) in [5.74, 6) is -3.05. The van der Waals surface area contributed by atoms with Gasteiger partial charge in [-0.1, -0.05) is 54.6 Å². The largest absolute Gasteiger partial charge is 0.446 e. The molecular formula is C39H43F2I3N3O9-. The summed E-state index contributed by atoms with van der Waals surface area (Å²) in [6.07, 6.45) is 2.22. The second-order valence-corrected chi connectivity index (χ2v) is 28.0. The number of carbonyl (C=O) groups is 6. The Morgan fingerprint density at radius 1 is 0.911 bits per heavy atom. The van der Waals surface area contributed by atoms with E-state index in [1.807, 2.05) is 37.3 Å². The number of hydrogen-bond acceptors (Lipinski definition) is 9. The summed E-state index contributed by atoms with van der Waals surface area (Å²) in [6, 6.07) is 20.5. The minimum atomic E-state index is -0.660. The molecule has 0 aromatic heterocycles. The molecule has 3 aromatic carbocycles. The molecule has 0 unspecified atom stereocenters. The van der Waals surface area contributed by atoms with Gasteiger partial charge in [0.1, 0.15) is 30.7 Å². The summed E-state index contributed by atoms with van der Waals surface area (Å²) in [7, 11) is 2.96. The number of esters is 1. The number of nitrogens with one attached hydrogen (secondary N) is 1. The predicted molar refractivity (Wildman–Crippen MR) is 218 cm³/mol. The molecule has 0 aliphatic carbocycles. The number of cyclic esters (lactones) is 1. The van der Waals surface area contributed by atoms with Crippen molar-refractivity contribution in [2.45, 2.75) is 38.6 Å². The van der Waals surface area contributed by atoms with Crippen molar-refractivity contribution in [1.82, 2.24) is 15.1 Å². The van der Waals surface area contributed by atoms with Crippen LogP contribution in [0.2, 0.25) is 0 Å². The monoisotopic (exact) mass is 1120 g/mol. The zero-order chi connectivity index (χ0) is 41.6. The van der Waals surface area contributed by atoms with Gasteiger partial charge in [0.25, 0.3) is 5.91 Å². The molecule has 0 bridgehead atoms. The Morgan fingerprint density at radius 3 is 2.05 bits per heavy atom. The Labute approximate surface area is 354 Å². The second kappa shape index (κ2) is 26.4. The minimum Gasteiger partial charge on any atom is -0.446 e. The minimum absolute atomic E-state index is 0.138. The molecule has 5 amide bonds. The maximum Gasteiger partial charge on any atom is 0.417 e. The van der Waals surface area contributed by atoms with Gasteiger partial charge in [0.15, 0.2) is 0 Å². The molecule has 2 saturated heterocycles. The van der Waals surface area contributed by atoms with Gasteiger partial charge in [0.05, 0.1) is 19.1 Å². The Morgan fingerprint density at radius 2 is 1.50 bits per heavy atom. The van der Waals surface area contributed by atoms with Crippen LogP contribution in [0.4, 0.5) is 13.6 Å². The second-order valence-electron chi connectivity index (χ2n) is 11.7. The molecule has 2 fully saturated rings. The molecule has 1 N–H and O–H groups in total. The third kappa shape index (κ3) is 16.1. The van der Waals surface area contributed by atoms with E-state index in [1.165, 1.54) is 50.5 Å². The van der Waals surface area contributed by atoms with Crippen LogP contribution in [0.25, 0.3) is 6.08 Å². The van der Waals surface area contributed by atoms with Gasteiger partial charge >= 0.3 is 62.5 Å². The van der Waals surface area contributed by atoms with Gasteiger partial charge in [-0.3, -0.25) is 28.9 Å². The number of rotatable bonds is 10. The van der Waals surface area contributed by atoms with Gasteiger partial charge in [0.2, 0.25) is 17.7 Å². The van der Waals surface area contributed by atoms with E-state index >= 15 is 0 Å². The number of imide groups is 2. The molecule has 12 nitrogen and oxygen atoms in total. The summed E-state index contributed by atoms with van der Waals surface area (Å²) in [5.41, 5.74) is 2.30. The smallest absolute Gasteiger partial charge is 0.417 e. The molecule has 0 saturated carbocycles. The quantitative estimate of drug-likeness (QED) is 0.105. The van der Waals surface area contributed by atoms with Gasteiger partial charge in [-0.15, -0.1) is 0 Å². The van der Waals surface area contributed by atoms with Crippen molar-refractivity contribution in [2.75, 3.05) is 40.5 Å². The SMILES string of the molecule is CCOC(=O)CC(=O)NC.CCOC[C@H]1C(=O)N(C)C(=O)C[C@@H]1c1ccc(F)cc1.I[I-]I.O=C(/C=C/c1ccc(F)cc1)N1C(=O)OC[C@H]1c1ccccc1. The fourth-order valence-electron chi connectivity index (χ4n) is 5.34. The Hall–Kier alpha value is -3.57. The maximum absolute atomic E-state index is 13.0. The number of benzene rings is 3. The Balaban J connectivity index is 0.000000299. The summed E-state index contributed by atoms with van der Waals surface area (Å²) >= 11 is 5.30. The number of nitrogens with zero attached hydrogens (tertiary/aromatic N) is 2. The fourth-order valence-corrected chi connectivity index (χ4v) is 5.34. The van der Waals surface area contributed by atoms with E-state index in [1.54, 1.807) is 31.2 Å². The average molecular weight is 1120 g/mol. The summed E-state index contributed by atoms with van der Waals surface area (Å²) in [4.78, 5) is 71.6. The third-order valence-electron chi connectivity index (χ3n) is 8.17. The molecule has 56 heavy (non-hydrogen) atoms. The molecule has 304 valence electrons. The van der Waals surface area contributed by atoms with Crippen LogP contribution in [-0.2, 0) is 38.2 Å². The van der Waals surface area contributed by atoms with Crippen molar-refractivity contribution in [2.24, 2.45) is 5.92 Å².